The van der Waals surface area contributed by atoms with E-state index < -0.39 is 0 Å². The number of nitrogens with zero attached hydrogens (tertiary/aromatic N) is 2. The number of nitrogens with one attached hydrogen (secondary N) is 2. The fourth-order valence-corrected chi connectivity index (χ4v) is 1.45. The van der Waals surface area contributed by atoms with E-state index in [9.17, 15) is 0 Å². The first-order chi connectivity index (χ1) is 7.24. The Labute approximate surface area is 92.7 Å². The number of hydrogen-bond acceptors (Lipinski definition) is 3. The van der Waals surface area contributed by atoms with Crippen molar-refractivity contribution in [3.63, 3.8) is 0 Å². The highest BCUT2D eigenvalue weighted by Gasteiger charge is 1.97. The minimum absolute atomic E-state index is 0.487. The SMILES string of the molecule is Cc1ncc(CNc2ccnc(Cl)c2)[nH]1. The van der Waals surface area contributed by atoms with Gasteiger partial charge in [-0.15, -0.1) is 0 Å². The summed E-state index contributed by atoms with van der Waals surface area (Å²) in [6.45, 7) is 2.62. The van der Waals surface area contributed by atoms with Gasteiger partial charge in [0, 0.05) is 11.9 Å². The quantitative estimate of drug-likeness (QED) is 0.784. The van der Waals surface area contributed by atoms with E-state index in [1.165, 1.54) is 0 Å². The summed E-state index contributed by atoms with van der Waals surface area (Å²) in [6, 6.07) is 3.65. The summed E-state index contributed by atoms with van der Waals surface area (Å²) in [4.78, 5) is 11.2. The second-order valence-corrected chi connectivity index (χ2v) is 3.60. The van der Waals surface area contributed by atoms with Gasteiger partial charge in [-0.2, -0.15) is 0 Å². The Morgan fingerprint density at radius 2 is 2.33 bits per heavy atom. The van der Waals surface area contributed by atoms with Crippen molar-refractivity contribution >= 4 is 17.3 Å². The van der Waals surface area contributed by atoms with Crippen LogP contribution in [-0.2, 0) is 6.54 Å². The lowest BCUT2D eigenvalue weighted by Crippen LogP contribution is -1.99. The van der Waals surface area contributed by atoms with Crippen LogP contribution in [0.2, 0.25) is 5.15 Å². The molecule has 2 aromatic heterocycles. The zero-order valence-electron chi connectivity index (χ0n) is 8.29. The summed E-state index contributed by atoms with van der Waals surface area (Å²) >= 11 is 5.76. The average molecular weight is 223 g/mol. The second kappa shape index (κ2) is 4.31. The zero-order chi connectivity index (χ0) is 10.7. The van der Waals surface area contributed by atoms with Crippen molar-refractivity contribution < 1.29 is 0 Å². The molecule has 0 aromatic carbocycles. The van der Waals surface area contributed by atoms with Gasteiger partial charge in [0.15, 0.2) is 0 Å². The highest BCUT2D eigenvalue weighted by molar-refractivity contribution is 6.29. The highest BCUT2D eigenvalue weighted by atomic mass is 35.5. The molecule has 4 nitrogen and oxygen atoms in total. The largest absolute Gasteiger partial charge is 0.379 e. The Kier molecular flexibility index (Phi) is 2.87. The lowest BCUT2D eigenvalue weighted by Gasteiger charge is -2.03. The Morgan fingerprint density at radius 1 is 1.47 bits per heavy atom. The Morgan fingerprint density at radius 3 is 3.00 bits per heavy atom. The van der Waals surface area contributed by atoms with Gasteiger partial charge >= 0.3 is 0 Å². The van der Waals surface area contributed by atoms with E-state index in [4.69, 9.17) is 11.6 Å². The number of rotatable bonds is 3. The van der Waals surface area contributed by atoms with Gasteiger partial charge in [-0.05, 0) is 19.1 Å². The molecule has 0 atom stereocenters. The first-order valence-electron chi connectivity index (χ1n) is 4.60. The lowest BCUT2D eigenvalue weighted by atomic mass is 10.4. The molecule has 0 unspecified atom stereocenters. The number of aromatic nitrogens is 3. The van der Waals surface area contributed by atoms with Crippen molar-refractivity contribution in [3.8, 4) is 0 Å². The maximum Gasteiger partial charge on any atom is 0.131 e. The smallest absolute Gasteiger partial charge is 0.131 e. The maximum absolute atomic E-state index is 5.76. The third-order valence-electron chi connectivity index (χ3n) is 1.97. The molecule has 0 radical (unpaired) electrons. The fraction of sp³-hybridized carbons (Fsp3) is 0.200. The molecule has 2 heterocycles. The zero-order valence-corrected chi connectivity index (χ0v) is 9.04. The van der Waals surface area contributed by atoms with Gasteiger partial charge in [0.05, 0.1) is 18.4 Å². The van der Waals surface area contributed by atoms with Crippen molar-refractivity contribution in [3.05, 3.63) is 41.2 Å². The van der Waals surface area contributed by atoms with Crippen LogP contribution in [0, 0.1) is 6.92 Å². The Balaban J connectivity index is 1.99. The molecule has 0 fully saturated rings. The number of anilines is 1. The number of aryl methyl sites for hydroxylation is 1. The number of imidazole rings is 1. The molecular weight excluding hydrogens is 212 g/mol. The number of pyridine rings is 1. The summed E-state index contributed by atoms with van der Waals surface area (Å²) in [6.07, 6.45) is 3.48. The molecule has 15 heavy (non-hydrogen) atoms. The molecule has 0 aliphatic carbocycles. The first-order valence-corrected chi connectivity index (χ1v) is 4.98. The number of hydrogen-bond donors (Lipinski definition) is 2. The van der Waals surface area contributed by atoms with Gasteiger partial charge in [-0.3, -0.25) is 0 Å². The number of aromatic amines is 1. The second-order valence-electron chi connectivity index (χ2n) is 3.21. The molecule has 5 heteroatoms. The predicted octanol–water partition coefficient (Wildman–Crippen LogP) is 2.38. The molecule has 2 N–H and O–H groups in total. The molecule has 0 aliphatic heterocycles. The van der Waals surface area contributed by atoms with Crippen LogP contribution in [0.3, 0.4) is 0 Å². The molecule has 78 valence electrons. The molecule has 0 amide bonds. The van der Waals surface area contributed by atoms with Gasteiger partial charge < -0.3 is 10.3 Å². The van der Waals surface area contributed by atoms with Crippen molar-refractivity contribution in [2.45, 2.75) is 13.5 Å². The van der Waals surface area contributed by atoms with Crippen LogP contribution in [0.1, 0.15) is 11.5 Å². The third-order valence-corrected chi connectivity index (χ3v) is 2.17. The van der Waals surface area contributed by atoms with E-state index in [0.717, 1.165) is 17.2 Å². The molecule has 0 saturated carbocycles. The van der Waals surface area contributed by atoms with Gasteiger partial charge in [0.2, 0.25) is 0 Å². The van der Waals surface area contributed by atoms with Crippen LogP contribution in [-0.4, -0.2) is 15.0 Å². The topological polar surface area (TPSA) is 53.6 Å². The van der Waals surface area contributed by atoms with Crippen LogP contribution in [0.5, 0.6) is 0 Å². The van der Waals surface area contributed by atoms with Crippen LogP contribution in [0.15, 0.2) is 24.5 Å². The molecule has 0 saturated heterocycles. The van der Waals surface area contributed by atoms with E-state index in [1.54, 1.807) is 12.3 Å². The van der Waals surface area contributed by atoms with Gasteiger partial charge in [-0.1, -0.05) is 11.6 Å². The van der Waals surface area contributed by atoms with Gasteiger partial charge in [0.1, 0.15) is 11.0 Å². The number of H-pyrrole nitrogens is 1. The van der Waals surface area contributed by atoms with E-state index in [1.807, 2.05) is 19.2 Å². The Hall–Kier alpha value is -1.55. The van der Waals surface area contributed by atoms with E-state index >= 15 is 0 Å². The monoisotopic (exact) mass is 222 g/mol. The van der Waals surface area contributed by atoms with Crippen molar-refractivity contribution in [1.82, 2.24) is 15.0 Å². The summed E-state index contributed by atoms with van der Waals surface area (Å²) < 4.78 is 0. The third kappa shape index (κ3) is 2.70. The molecule has 0 bridgehead atoms. The average Bonchev–Trinajstić information content (AvgIpc) is 2.62. The fourth-order valence-electron chi connectivity index (χ4n) is 1.27. The minimum atomic E-state index is 0.487. The standard InChI is InChI=1S/C10H11ClN4/c1-7-13-5-9(15-7)6-14-8-2-3-12-10(11)4-8/h2-5H,6H2,1H3,(H,12,14)(H,13,15). The van der Waals surface area contributed by atoms with Crippen molar-refractivity contribution in [2.75, 3.05) is 5.32 Å². The van der Waals surface area contributed by atoms with Crippen LogP contribution < -0.4 is 5.32 Å². The van der Waals surface area contributed by atoms with E-state index in [-0.39, 0.29) is 0 Å². The predicted molar refractivity (Wildman–Crippen MR) is 59.9 cm³/mol. The molecule has 2 aromatic rings. The van der Waals surface area contributed by atoms with Crippen molar-refractivity contribution in [1.29, 1.82) is 0 Å². The van der Waals surface area contributed by atoms with Gasteiger partial charge in [-0.25, -0.2) is 9.97 Å². The van der Waals surface area contributed by atoms with E-state index in [0.29, 0.717) is 11.7 Å². The molecule has 0 spiro atoms. The van der Waals surface area contributed by atoms with Gasteiger partial charge in [0.25, 0.3) is 0 Å². The van der Waals surface area contributed by atoms with Crippen LogP contribution in [0.4, 0.5) is 5.69 Å². The molecule has 0 aliphatic rings. The number of halogens is 1. The van der Waals surface area contributed by atoms with Crippen LogP contribution >= 0.6 is 11.6 Å². The van der Waals surface area contributed by atoms with Crippen molar-refractivity contribution in [2.24, 2.45) is 0 Å². The molecular formula is C10H11ClN4. The van der Waals surface area contributed by atoms with Crippen LogP contribution in [0.25, 0.3) is 0 Å². The summed E-state index contributed by atoms with van der Waals surface area (Å²) in [5, 5.41) is 3.71. The summed E-state index contributed by atoms with van der Waals surface area (Å²) in [5.74, 6) is 0.916. The summed E-state index contributed by atoms with van der Waals surface area (Å²) in [5.41, 5.74) is 1.99. The minimum Gasteiger partial charge on any atom is -0.379 e. The molecule has 2 rings (SSSR count). The normalized spacial score (nSPS) is 10.3. The Bertz CT molecular complexity index is 452. The van der Waals surface area contributed by atoms with E-state index in [2.05, 4.69) is 20.3 Å². The summed E-state index contributed by atoms with van der Waals surface area (Å²) in [7, 11) is 0. The maximum atomic E-state index is 5.76. The lowest BCUT2D eigenvalue weighted by molar-refractivity contribution is 1.05. The highest BCUT2D eigenvalue weighted by Crippen LogP contribution is 2.12. The first kappa shape index (κ1) is 9.98.